The van der Waals surface area contributed by atoms with E-state index in [-0.39, 0.29) is 24.3 Å². The summed E-state index contributed by atoms with van der Waals surface area (Å²) < 4.78 is 40.0. The van der Waals surface area contributed by atoms with Crippen molar-refractivity contribution < 1.29 is 17.6 Å². The van der Waals surface area contributed by atoms with Gasteiger partial charge in [0, 0.05) is 18.8 Å². The number of benzene rings is 1. The van der Waals surface area contributed by atoms with Crippen LogP contribution in [0.1, 0.15) is 12.0 Å². The molecule has 1 saturated heterocycles. The first-order valence-corrected chi connectivity index (χ1v) is 7.59. The highest BCUT2D eigenvalue weighted by Crippen LogP contribution is 2.25. The second kappa shape index (κ2) is 5.37. The Labute approximate surface area is 116 Å². The van der Waals surface area contributed by atoms with Crippen LogP contribution in [0.5, 0.6) is 0 Å². The van der Waals surface area contributed by atoms with Gasteiger partial charge in [0.15, 0.2) is 0 Å². The fraction of sp³-hybridized carbons (Fsp3) is 0.417. The number of nitrogens with zero attached hydrogens (tertiary/aromatic N) is 1. The smallest absolute Gasteiger partial charge is 0.246 e. The Balaban J connectivity index is 2.47. The molecule has 0 spiro atoms. The Hall–Kier alpha value is -1.67. The summed E-state index contributed by atoms with van der Waals surface area (Å²) in [5.41, 5.74) is 5.91. The molecule has 1 aliphatic heterocycles. The highest BCUT2D eigenvalue weighted by atomic mass is 32.2. The lowest BCUT2D eigenvalue weighted by atomic mass is 10.2. The molecular weight excluding hydrogens is 285 g/mol. The van der Waals surface area contributed by atoms with Crippen molar-refractivity contribution in [1.82, 2.24) is 9.62 Å². The zero-order valence-corrected chi connectivity index (χ0v) is 11.8. The average Bonchev–Trinajstić information content (AvgIpc) is 2.58. The molecule has 1 fully saturated rings. The van der Waals surface area contributed by atoms with Crippen molar-refractivity contribution >= 4 is 21.6 Å². The average molecular weight is 301 g/mol. The minimum atomic E-state index is -4.08. The molecule has 0 atom stereocenters. The number of nitrogens with two attached hydrogens (primary N) is 1. The zero-order chi connectivity index (χ0) is 14.9. The number of hydrogen-bond donors (Lipinski definition) is 2. The van der Waals surface area contributed by atoms with E-state index in [9.17, 15) is 17.6 Å². The van der Waals surface area contributed by atoms with Crippen LogP contribution in [0.3, 0.4) is 0 Å². The Bertz CT molecular complexity index is 646. The van der Waals surface area contributed by atoms with Gasteiger partial charge in [-0.05, 0) is 31.0 Å². The van der Waals surface area contributed by atoms with Crippen LogP contribution in [-0.2, 0) is 14.8 Å². The molecule has 20 heavy (non-hydrogen) atoms. The standard InChI is InChI=1S/C12H16FN3O3S/c1-8-5-9(14)6-10(12(8)13)20(18,19)16-4-2-3-15-11(17)7-16/h5-6H,2-4,7,14H2,1H3,(H,15,17). The largest absolute Gasteiger partial charge is 0.399 e. The minimum Gasteiger partial charge on any atom is -0.399 e. The van der Waals surface area contributed by atoms with Crippen LogP contribution in [0.25, 0.3) is 0 Å². The maximum atomic E-state index is 14.1. The van der Waals surface area contributed by atoms with Gasteiger partial charge in [-0.1, -0.05) is 0 Å². The Kier molecular flexibility index (Phi) is 3.96. The third kappa shape index (κ3) is 2.75. The van der Waals surface area contributed by atoms with Crippen molar-refractivity contribution in [3.8, 4) is 0 Å². The predicted molar refractivity (Wildman–Crippen MR) is 71.9 cm³/mol. The second-order valence-corrected chi connectivity index (χ2v) is 6.60. The molecule has 8 heteroatoms. The molecule has 0 aromatic heterocycles. The monoisotopic (exact) mass is 301 g/mol. The highest BCUT2D eigenvalue weighted by Gasteiger charge is 2.31. The topological polar surface area (TPSA) is 92.5 Å². The minimum absolute atomic E-state index is 0.155. The number of nitrogen functional groups attached to an aromatic ring is 1. The molecule has 0 bridgehead atoms. The normalized spacial score (nSPS) is 17.6. The third-order valence-electron chi connectivity index (χ3n) is 3.09. The van der Waals surface area contributed by atoms with E-state index in [0.29, 0.717) is 13.0 Å². The van der Waals surface area contributed by atoms with E-state index in [1.807, 2.05) is 0 Å². The van der Waals surface area contributed by atoms with Gasteiger partial charge in [-0.2, -0.15) is 4.31 Å². The fourth-order valence-corrected chi connectivity index (χ4v) is 3.68. The van der Waals surface area contributed by atoms with Gasteiger partial charge in [0.05, 0.1) is 6.54 Å². The van der Waals surface area contributed by atoms with E-state index in [2.05, 4.69) is 5.32 Å². The van der Waals surface area contributed by atoms with E-state index in [1.54, 1.807) is 0 Å². The number of carbonyl (C=O) groups is 1. The van der Waals surface area contributed by atoms with E-state index >= 15 is 0 Å². The summed E-state index contributed by atoms with van der Waals surface area (Å²) in [6.07, 6.45) is 0.480. The summed E-state index contributed by atoms with van der Waals surface area (Å²) >= 11 is 0. The number of amides is 1. The van der Waals surface area contributed by atoms with Crippen molar-refractivity contribution in [3.05, 3.63) is 23.5 Å². The van der Waals surface area contributed by atoms with Gasteiger partial charge < -0.3 is 11.1 Å². The summed E-state index contributed by atoms with van der Waals surface area (Å²) in [6, 6.07) is 2.45. The van der Waals surface area contributed by atoms with Crippen LogP contribution < -0.4 is 11.1 Å². The highest BCUT2D eigenvalue weighted by molar-refractivity contribution is 7.89. The van der Waals surface area contributed by atoms with Gasteiger partial charge in [-0.15, -0.1) is 0 Å². The van der Waals surface area contributed by atoms with Gasteiger partial charge in [-0.3, -0.25) is 4.79 Å². The van der Waals surface area contributed by atoms with Crippen molar-refractivity contribution in [2.45, 2.75) is 18.2 Å². The van der Waals surface area contributed by atoms with Crippen molar-refractivity contribution in [2.24, 2.45) is 0 Å². The molecule has 2 rings (SSSR count). The summed E-state index contributed by atoms with van der Waals surface area (Å²) in [5, 5.41) is 2.57. The lowest BCUT2D eigenvalue weighted by molar-refractivity contribution is -0.120. The number of anilines is 1. The SMILES string of the molecule is Cc1cc(N)cc(S(=O)(=O)N2CCCNC(=O)C2)c1F. The Morgan fingerprint density at radius 3 is 2.80 bits per heavy atom. The van der Waals surface area contributed by atoms with Crippen LogP contribution in [-0.4, -0.2) is 38.3 Å². The number of rotatable bonds is 2. The number of halogens is 1. The number of sulfonamides is 1. The molecule has 1 amide bonds. The first-order valence-electron chi connectivity index (χ1n) is 6.15. The Morgan fingerprint density at radius 2 is 2.10 bits per heavy atom. The molecule has 3 N–H and O–H groups in total. The molecule has 0 unspecified atom stereocenters. The van der Waals surface area contributed by atoms with Crippen LogP contribution in [0.15, 0.2) is 17.0 Å². The molecule has 1 aromatic rings. The van der Waals surface area contributed by atoms with Gasteiger partial charge in [-0.25, -0.2) is 12.8 Å². The van der Waals surface area contributed by atoms with Gasteiger partial charge >= 0.3 is 0 Å². The fourth-order valence-electron chi connectivity index (χ4n) is 2.07. The van der Waals surface area contributed by atoms with Gasteiger partial charge in [0.25, 0.3) is 0 Å². The maximum absolute atomic E-state index is 14.1. The van der Waals surface area contributed by atoms with Gasteiger partial charge in [0.1, 0.15) is 10.7 Å². The van der Waals surface area contributed by atoms with Crippen LogP contribution in [0.2, 0.25) is 0 Å². The van der Waals surface area contributed by atoms with Crippen LogP contribution in [0, 0.1) is 12.7 Å². The van der Waals surface area contributed by atoms with Crippen molar-refractivity contribution in [1.29, 1.82) is 0 Å². The van der Waals surface area contributed by atoms with Crippen LogP contribution >= 0.6 is 0 Å². The van der Waals surface area contributed by atoms with Crippen LogP contribution in [0.4, 0.5) is 10.1 Å². The second-order valence-electron chi connectivity index (χ2n) is 4.69. The summed E-state index contributed by atoms with van der Waals surface area (Å²) in [5.74, 6) is -1.23. The summed E-state index contributed by atoms with van der Waals surface area (Å²) in [4.78, 5) is 11.0. The van der Waals surface area contributed by atoms with E-state index < -0.39 is 26.6 Å². The first-order chi connectivity index (χ1) is 9.32. The number of carbonyl (C=O) groups excluding carboxylic acids is 1. The zero-order valence-electron chi connectivity index (χ0n) is 11.0. The molecule has 0 saturated carbocycles. The maximum Gasteiger partial charge on any atom is 0.246 e. The molecule has 1 aromatic carbocycles. The van der Waals surface area contributed by atoms with Gasteiger partial charge in [0.2, 0.25) is 15.9 Å². The lowest BCUT2D eigenvalue weighted by Gasteiger charge is -2.19. The van der Waals surface area contributed by atoms with Crippen molar-refractivity contribution in [3.63, 3.8) is 0 Å². The molecule has 6 nitrogen and oxygen atoms in total. The molecular formula is C12H16FN3O3S. The van der Waals surface area contributed by atoms with E-state index in [1.165, 1.54) is 13.0 Å². The van der Waals surface area contributed by atoms with Crippen molar-refractivity contribution in [2.75, 3.05) is 25.4 Å². The predicted octanol–water partition coefficient (Wildman–Crippen LogP) is 0.227. The first kappa shape index (κ1) is 14.7. The molecule has 0 aliphatic carbocycles. The number of hydrogen-bond acceptors (Lipinski definition) is 4. The number of aryl methyl sites for hydroxylation is 1. The molecule has 1 heterocycles. The Morgan fingerprint density at radius 1 is 1.40 bits per heavy atom. The summed E-state index contributed by atoms with van der Waals surface area (Å²) in [7, 11) is -4.08. The third-order valence-corrected chi connectivity index (χ3v) is 4.93. The summed E-state index contributed by atoms with van der Waals surface area (Å²) in [6.45, 7) is 1.70. The van der Waals surface area contributed by atoms with E-state index in [4.69, 9.17) is 5.73 Å². The lowest BCUT2D eigenvalue weighted by Crippen LogP contribution is -2.37. The number of nitrogens with one attached hydrogen (secondary N) is 1. The molecule has 1 aliphatic rings. The molecule has 0 radical (unpaired) electrons. The van der Waals surface area contributed by atoms with E-state index in [0.717, 1.165) is 10.4 Å². The quantitative estimate of drug-likeness (QED) is 0.765. The molecule has 110 valence electrons.